The zero-order valence-corrected chi connectivity index (χ0v) is 15.8. The van der Waals surface area contributed by atoms with E-state index >= 15 is 0 Å². The molecule has 0 atom stereocenters. The molecular weight excluding hydrogens is 379 g/mol. The zero-order valence-electron chi connectivity index (χ0n) is 15.0. The van der Waals surface area contributed by atoms with Gasteiger partial charge in [0.25, 0.3) is 0 Å². The zero-order chi connectivity index (χ0) is 19.9. The van der Waals surface area contributed by atoms with Gasteiger partial charge in [-0.2, -0.15) is 0 Å². The van der Waals surface area contributed by atoms with Crippen molar-refractivity contribution in [2.45, 2.75) is 11.5 Å². The highest BCUT2D eigenvalue weighted by atomic mass is 32.2. The summed E-state index contributed by atoms with van der Waals surface area (Å²) in [6.07, 6.45) is 4.82. The number of aliphatic hydroxyl groups is 1. The van der Waals surface area contributed by atoms with Gasteiger partial charge in [0.2, 0.25) is 0 Å². The molecule has 0 spiro atoms. The molecule has 2 heterocycles. The Labute approximate surface area is 161 Å². The Balaban J connectivity index is 1.76. The molecule has 0 radical (unpaired) electrons. The number of nitrogens with zero attached hydrogens (tertiary/aromatic N) is 2. The molecule has 4 aromatic rings. The number of hydrogen-bond donors (Lipinski definition) is 1. The molecule has 1 N–H and O–H groups in total. The molecule has 0 saturated carbocycles. The third-order valence-corrected chi connectivity index (χ3v) is 5.75. The molecule has 0 aliphatic heterocycles. The summed E-state index contributed by atoms with van der Waals surface area (Å²) in [6.45, 7) is -0.387. The Kier molecular flexibility index (Phi) is 4.49. The molecule has 0 saturated heterocycles. The van der Waals surface area contributed by atoms with Gasteiger partial charge in [0.1, 0.15) is 11.5 Å². The van der Waals surface area contributed by atoms with Crippen molar-refractivity contribution in [2.24, 2.45) is 0 Å². The van der Waals surface area contributed by atoms with Gasteiger partial charge in [-0.1, -0.05) is 24.3 Å². The fourth-order valence-corrected chi connectivity index (χ4v) is 3.78. The quantitative estimate of drug-likeness (QED) is 0.571. The first-order valence-corrected chi connectivity index (χ1v) is 10.4. The van der Waals surface area contributed by atoms with Crippen LogP contribution >= 0.6 is 0 Å². The SMILES string of the molecule is CS(=O)(=O)c1ccc(-c2cn3cc(-c4cccc(F)c4CO)ccc3n2)cc1. The lowest BCUT2D eigenvalue weighted by Crippen LogP contribution is -1.96. The number of aliphatic hydroxyl groups excluding tert-OH is 1. The van der Waals surface area contributed by atoms with E-state index in [1.54, 1.807) is 36.4 Å². The van der Waals surface area contributed by atoms with Crippen molar-refractivity contribution in [3.8, 4) is 22.4 Å². The number of benzene rings is 2. The molecule has 7 heteroatoms. The monoisotopic (exact) mass is 396 g/mol. The molecule has 5 nitrogen and oxygen atoms in total. The third-order valence-electron chi connectivity index (χ3n) is 4.62. The average Bonchev–Trinajstić information content (AvgIpc) is 3.10. The van der Waals surface area contributed by atoms with Gasteiger partial charge >= 0.3 is 0 Å². The van der Waals surface area contributed by atoms with Crippen molar-refractivity contribution in [1.82, 2.24) is 9.38 Å². The van der Waals surface area contributed by atoms with Gasteiger partial charge in [0, 0.05) is 29.8 Å². The van der Waals surface area contributed by atoms with Crippen molar-refractivity contribution in [3.63, 3.8) is 0 Å². The lowest BCUT2D eigenvalue weighted by Gasteiger charge is -2.09. The fraction of sp³-hybridized carbons (Fsp3) is 0.0952. The molecular formula is C21H17FN2O3S. The van der Waals surface area contributed by atoms with Gasteiger partial charge in [-0.3, -0.25) is 0 Å². The summed E-state index contributed by atoms with van der Waals surface area (Å²) in [5.74, 6) is -0.447. The average molecular weight is 396 g/mol. The number of hydrogen-bond acceptors (Lipinski definition) is 4. The van der Waals surface area contributed by atoms with Crippen LogP contribution < -0.4 is 0 Å². The van der Waals surface area contributed by atoms with Crippen molar-refractivity contribution in [2.75, 3.05) is 6.26 Å². The summed E-state index contributed by atoms with van der Waals surface area (Å²) in [5.41, 5.74) is 3.81. The van der Waals surface area contributed by atoms with Crippen LogP contribution in [0.15, 0.2) is 71.9 Å². The van der Waals surface area contributed by atoms with Crippen LogP contribution in [0.4, 0.5) is 4.39 Å². The van der Waals surface area contributed by atoms with Crippen LogP contribution in [0.1, 0.15) is 5.56 Å². The van der Waals surface area contributed by atoms with E-state index in [2.05, 4.69) is 4.98 Å². The highest BCUT2D eigenvalue weighted by Crippen LogP contribution is 2.28. The predicted octanol–water partition coefficient (Wildman–Crippen LogP) is 3.70. The van der Waals surface area contributed by atoms with Crippen LogP contribution in [0.3, 0.4) is 0 Å². The molecule has 0 unspecified atom stereocenters. The maximum absolute atomic E-state index is 14.0. The van der Waals surface area contributed by atoms with E-state index < -0.39 is 15.7 Å². The van der Waals surface area contributed by atoms with E-state index in [-0.39, 0.29) is 17.1 Å². The van der Waals surface area contributed by atoms with Crippen LogP contribution in [0.25, 0.3) is 28.0 Å². The van der Waals surface area contributed by atoms with Crippen LogP contribution in [0.2, 0.25) is 0 Å². The fourth-order valence-electron chi connectivity index (χ4n) is 3.15. The normalized spacial score (nSPS) is 11.8. The van der Waals surface area contributed by atoms with Crippen LogP contribution in [0, 0.1) is 5.82 Å². The minimum atomic E-state index is -3.25. The van der Waals surface area contributed by atoms with E-state index in [4.69, 9.17) is 0 Å². The second kappa shape index (κ2) is 6.85. The second-order valence-electron chi connectivity index (χ2n) is 6.53. The van der Waals surface area contributed by atoms with E-state index in [0.29, 0.717) is 16.9 Å². The lowest BCUT2D eigenvalue weighted by atomic mass is 10.0. The second-order valence-corrected chi connectivity index (χ2v) is 8.55. The van der Waals surface area contributed by atoms with Crippen LogP contribution in [-0.4, -0.2) is 29.2 Å². The molecule has 0 amide bonds. The Hall–Kier alpha value is -3.03. The Morgan fingerprint density at radius 2 is 1.71 bits per heavy atom. The number of fused-ring (bicyclic) bond motifs is 1. The lowest BCUT2D eigenvalue weighted by molar-refractivity contribution is 0.276. The van der Waals surface area contributed by atoms with Gasteiger partial charge < -0.3 is 9.51 Å². The van der Waals surface area contributed by atoms with Gasteiger partial charge in [-0.15, -0.1) is 0 Å². The minimum Gasteiger partial charge on any atom is -0.392 e. The van der Waals surface area contributed by atoms with E-state index in [1.165, 1.54) is 12.3 Å². The first-order valence-electron chi connectivity index (χ1n) is 8.55. The third kappa shape index (κ3) is 3.30. The molecule has 2 aromatic carbocycles. The molecule has 0 aliphatic rings. The summed E-state index contributed by atoms with van der Waals surface area (Å²) >= 11 is 0. The smallest absolute Gasteiger partial charge is 0.175 e. The first-order chi connectivity index (χ1) is 13.4. The molecule has 4 rings (SSSR count). The van der Waals surface area contributed by atoms with Crippen molar-refractivity contribution in [3.05, 3.63) is 78.4 Å². The summed E-state index contributed by atoms with van der Waals surface area (Å²) < 4.78 is 39.0. The maximum Gasteiger partial charge on any atom is 0.175 e. The number of rotatable bonds is 4. The van der Waals surface area contributed by atoms with Crippen LogP contribution in [0.5, 0.6) is 0 Å². The number of halogens is 1. The highest BCUT2D eigenvalue weighted by molar-refractivity contribution is 7.90. The van der Waals surface area contributed by atoms with Crippen molar-refractivity contribution >= 4 is 15.5 Å². The number of sulfone groups is 1. The Morgan fingerprint density at radius 1 is 1.00 bits per heavy atom. The minimum absolute atomic E-state index is 0.249. The predicted molar refractivity (Wildman–Crippen MR) is 105 cm³/mol. The van der Waals surface area contributed by atoms with E-state index in [9.17, 15) is 17.9 Å². The summed E-state index contributed by atoms with van der Waals surface area (Å²) in [4.78, 5) is 4.81. The summed E-state index contributed by atoms with van der Waals surface area (Å²) in [7, 11) is -3.25. The van der Waals surface area contributed by atoms with Gasteiger partial charge in [-0.05, 0) is 41.5 Å². The first kappa shape index (κ1) is 18.3. The largest absolute Gasteiger partial charge is 0.392 e. The topological polar surface area (TPSA) is 71.7 Å². The van der Waals surface area contributed by atoms with Crippen molar-refractivity contribution < 1.29 is 17.9 Å². The molecule has 28 heavy (non-hydrogen) atoms. The van der Waals surface area contributed by atoms with E-state index in [0.717, 1.165) is 11.1 Å². The number of pyridine rings is 1. The summed E-state index contributed by atoms with van der Waals surface area (Å²) in [6, 6.07) is 14.9. The van der Waals surface area contributed by atoms with Crippen molar-refractivity contribution in [1.29, 1.82) is 0 Å². The van der Waals surface area contributed by atoms with Gasteiger partial charge in [0.15, 0.2) is 9.84 Å². The highest BCUT2D eigenvalue weighted by Gasteiger charge is 2.12. The number of aromatic nitrogens is 2. The van der Waals surface area contributed by atoms with Gasteiger partial charge in [0.05, 0.1) is 17.2 Å². The molecule has 0 fully saturated rings. The van der Waals surface area contributed by atoms with Gasteiger partial charge in [-0.25, -0.2) is 17.8 Å². The standard InChI is InChI=1S/C21H17FN2O3S/c1-28(26,27)16-8-5-14(6-9-16)20-12-24-11-15(7-10-21(24)23-20)17-3-2-4-19(22)18(17)13-25/h2-12,25H,13H2,1H3. The molecule has 2 aromatic heterocycles. The number of imidazole rings is 1. The van der Waals surface area contributed by atoms with Crippen LogP contribution in [-0.2, 0) is 16.4 Å². The molecule has 0 aliphatic carbocycles. The molecule has 142 valence electrons. The summed E-state index contributed by atoms with van der Waals surface area (Å²) in [5, 5.41) is 9.50. The maximum atomic E-state index is 14.0. The molecule has 0 bridgehead atoms. The van der Waals surface area contributed by atoms with E-state index in [1.807, 2.05) is 28.9 Å². The Morgan fingerprint density at radius 3 is 2.39 bits per heavy atom. The Bertz CT molecular complexity index is 1280.